The van der Waals surface area contributed by atoms with Crippen LogP contribution in [0.3, 0.4) is 0 Å². The maximum Gasteiger partial charge on any atom is 0.251 e. The minimum absolute atomic E-state index is 0.264. The van der Waals surface area contributed by atoms with Crippen molar-refractivity contribution in [3.05, 3.63) is 17.5 Å². The first-order chi connectivity index (χ1) is 7.97. The second-order valence-electron chi connectivity index (χ2n) is 4.41. The highest BCUT2D eigenvalue weighted by Crippen LogP contribution is 2.07. The molecule has 0 aromatic carbocycles. The molecule has 1 aromatic heterocycles. The van der Waals surface area contributed by atoms with Crippen LogP contribution < -0.4 is 5.32 Å². The second kappa shape index (κ2) is 6.66. The molecule has 0 fully saturated rings. The van der Waals surface area contributed by atoms with Gasteiger partial charge in [0.2, 0.25) is 0 Å². The van der Waals surface area contributed by atoms with Crippen LogP contribution in [0.25, 0.3) is 0 Å². The van der Waals surface area contributed by atoms with Gasteiger partial charge in [-0.05, 0) is 7.05 Å². The molecule has 0 aliphatic rings. The van der Waals surface area contributed by atoms with Crippen molar-refractivity contribution in [3.8, 4) is 0 Å². The van der Waals surface area contributed by atoms with Gasteiger partial charge < -0.3 is 9.84 Å². The topological polar surface area (TPSA) is 41.3 Å². The third-order valence-corrected chi connectivity index (χ3v) is 2.17. The summed E-state index contributed by atoms with van der Waals surface area (Å²) >= 11 is 0. The summed E-state index contributed by atoms with van der Waals surface area (Å²) < 4.78 is 29.3. The molecule has 0 saturated heterocycles. The van der Waals surface area contributed by atoms with Crippen molar-refractivity contribution in [1.82, 2.24) is 15.4 Å². The largest absolute Gasteiger partial charge is 0.360 e. The van der Waals surface area contributed by atoms with Crippen molar-refractivity contribution in [2.45, 2.75) is 39.4 Å². The third kappa shape index (κ3) is 5.74. The molecule has 1 rings (SSSR count). The lowest BCUT2D eigenvalue weighted by Crippen LogP contribution is -2.24. The van der Waals surface area contributed by atoms with E-state index in [9.17, 15) is 8.78 Å². The Kier molecular flexibility index (Phi) is 5.50. The fourth-order valence-corrected chi connectivity index (χ4v) is 1.39. The molecule has 0 saturated carbocycles. The first kappa shape index (κ1) is 14.1. The summed E-state index contributed by atoms with van der Waals surface area (Å²) in [5.74, 6) is 0.605. The average Bonchev–Trinajstić information content (AvgIpc) is 2.61. The van der Waals surface area contributed by atoms with Crippen molar-refractivity contribution in [2.75, 3.05) is 13.6 Å². The molecule has 1 aromatic rings. The normalized spacial score (nSPS) is 12.0. The molecule has 0 bridgehead atoms. The molecule has 6 heteroatoms. The Morgan fingerprint density at radius 2 is 2.18 bits per heavy atom. The molecule has 0 unspecified atom stereocenters. The molecule has 98 valence electrons. The fourth-order valence-electron chi connectivity index (χ4n) is 1.39. The molecule has 1 N–H and O–H groups in total. The standard InChI is InChI=1S/C11H19F2N3O/c1-8(2)14-5-9-4-10(17-15-9)6-16(3)7-11(12)13/h4,8,11,14H,5-7H2,1-3H3. The quantitative estimate of drug-likeness (QED) is 0.798. The molecule has 0 amide bonds. The molecular weight excluding hydrogens is 228 g/mol. The van der Waals surface area contributed by atoms with Crippen LogP contribution in [0, 0.1) is 0 Å². The van der Waals surface area contributed by atoms with Crippen LogP contribution in [-0.4, -0.2) is 36.1 Å². The average molecular weight is 247 g/mol. The predicted molar refractivity (Wildman–Crippen MR) is 60.8 cm³/mol. The summed E-state index contributed by atoms with van der Waals surface area (Å²) in [6.07, 6.45) is -2.33. The first-order valence-corrected chi connectivity index (χ1v) is 5.62. The highest BCUT2D eigenvalue weighted by Gasteiger charge is 2.11. The van der Waals surface area contributed by atoms with E-state index in [1.165, 1.54) is 4.90 Å². The number of nitrogens with one attached hydrogen (secondary N) is 1. The number of alkyl halides is 2. The van der Waals surface area contributed by atoms with Crippen LogP contribution in [0.4, 0.5) is 8.78 Å². The Labute approximate surface area is 100.0 Å². The van der Waals surface area contributed by atoms with E-state index in [1.807, 2.05) is 13.8 Å². The van der Waals surface area contributed by atoms with E-state index in [0.717, 1.165) is 5.69 Å². The van der Waals surface area contributed by atoms with Gasteiger partial charge in [0.05, 0.1) is 18.8 Å². The zero-order chi connectivity index (χ0) is 12.8. The van der Waals surface area contributed by atoms with Gasteiger partial charge in [-0.15, -0.1) is 0 Å². The second-order valence-corrected chi connectivity index (χ2v) is 4.41. The number of halogens is 2. The molecule has 1 heterocycles. The summed E-state index contributed by atoms with van der Waals surface area (Å²) in [6, 6.07) is 2.16. The maximum atomic E-state index is 12.1. The van der Waals surface area contributed by atoms with Crippen molar-refractivity contribution >= 4 is 0 Å². The van der Waals surface area contributed by atoms with Gasteiger partial charge in [0, 0.05) is 18.7 Å². The Morgan fingerprint density at radius 3 is 2.76 bits per heavy atom. The van der Waals surface area contributed by atoms with Gasteiger partial charge in [-0.25, -0.2) is 8.78 Å². The monoisotopic (exact) mass is 247 g/mol. The van der Waals surface area contributed by atoms with Crippen molar-refractivity contribution in [2.24, 2.45) is 0 Å². The molecule has 0 aliphatic heterocycles. The van der Waals surface area contributed by atoms with Crippen LogP contribution in [0.2, 0.25) is 0 Å². The van der Waals surface area contributed by atoms with Crippen molar-refractivity contribution in [3.63, 3.8) is 0 Å². The van der Waals surface area contributed by atoms with Crippen LogP contribution in [0.1, 0.15) is 25.3 Å². The summed E-state index contributed by atoms with van der Waals surface area (Å²) in [7, 11) is 1.63. The number of hydrogen-bond acceptors (Lipinski definition) is 4. The predicted octanol–water partition coefficient (Wildman–Crippen LogP) is 1.87. The molecule has 17 heavy (non-hydrogen) atoms. The highest BCUT2D eigenvalue weighted by atomic mass is 19.3. The smallest absolute Gasteiger partial charge is 0.251 e. The molecule has 0 atom stereocenters. The van der Waals surface area contributed by atoms with E-state index in [2.05, 4.69) is 10.5 Å². The zero-order valence-corrected chi connectivity index (χ0v) is 10.4. The van der Waals surface area contributed by atoms with Crippen LogP contribution in [-0.2, 0) is 13.1 Å². The van der Waals surface area contributed by atoms with Crippen molar-refractivity contribution < 1.29 is 13.3 Å². The Hall–Kier alpha value is -1.01. The van der Waals surface area contributed by atoms with E-state index >= 15 is 0 Å². The molecule has 0 aliphatic carbocycles. The highest BCUT2D eigenvalue weighted by molar-refractivity contribution is 5.05. The summed E-state index contributed by atoms with van der Waals surface area (Å²) in [4.78, 5) is 1.50. The Morgan fingerprint density at radius 1 is 1.47 bits per heavy atom. The SMILES string of the molecule is CC(C)NCc1cc(CN(C)CC(F)F)on1. The van der Waals surface area contributed by atoms with Crippen LogP contribution in [0.15, 0.2) is 10.6 Å². The number of hydrogen-bond donors (Lipinski definition) is 1. The van der Waals surface area contributed by atoms with E-state index in [4.69, 9.17) is 4.52 Å². The van der Waals surface area contributed by atoms with Crippen LogP contribution >= 0.6 is 0 Å². The third-order valence-electron chi connectivity index (χ3n) is 2.17. The van der Waals surface area contributed by atoms with E-state index in [0.29, 0.717) is 24.9 Å². The van der Waals surface area contributed by atoms with Gasteiger partial charge >= 0.3 is 0 Å². The first-order valence-electron chi connectivity index (χ1n) is 5.62. The molecule has 4 nitrogen and oxygen atoms in total. The molecule has 0 spiro atoms. The van der Waals surface area contributed by atoms with Gasteiger partial charge in [0.25, 0.3) is 6.43 Å². The van der Waals surface area contributed by atoms with Crippen molar-refractivity contribution in [1.29, 1.82) is 0 Å². The number of aromatic nitrogens is 1. The summed E-state index contributed by atoms with van der Waals surface area (Å²) in [5.41, 5.74) is 0.791. The lowest BCUT2D eigenvalue weighted by molar-refractivity contribution is 0.0935. The zero-order valence-electron chi connectivity index (χ0n) is 10.4. The number of nitrogens with zero attached hydrogens (tertiary/aromatic N) is 2. The van der Waals surface area contributed by atoms with E-state index in [-0.39, 0.29) is 6.54 Å². The number of rotatable bonds is 7. The van der Waals surface area contributed by atoms with E-state index in [1.54, 1.807) is 13.1 Å². The minimum atomic E-state index is -2.33. The summed E-state index contributed by atoms with van der Waals surface area (Å²) in [5, 5.41) is 7.07. The van der Waals surface area contributed by atoms with Gasteiger partial charge in [-0.2, -0.15) is 0 Å². The fraction of sp³-hybridized carbons (Fsp3) is 0.727. The summed E-state index contributed by atoms with van der Waals surface area (Å²) in [6.45, 7) is 4.79. The Balaban J connectivity index is 2.39. The Bertz CT molecular complexity index is 328. The van der Waals surface area contributed by atoms with Gasteiger partial charge in [0.15, 0.2) is 5.76 Å². The van der Waals surface area contributed by atoms with E-state index < -0.39 is 6.43 Å². The van der Waals surface area contributed by atoms with Gasteiger partial charge in [-0.1, -0.05) is 19.0 Å². The lowest BCUT2D eigenvalue weighted by atomic mass is 10.3. The van der Waals surface area contributed by atoms with Crippen LogP contribution in [0.5, 0.6) is 0 Å². The minimum Gasteiger partial charge on any atom is -0.360 e. The van der Waals surface area contributed by atoms with Gasteiger partial charge in [-0.3, -0.25) is 4.90 Å². The maximum absolute atomic E-state index is 12.1. The van der Waals surface area contributed by atoms with Gasteiger partial charge in [0.1, 0.15) is 0 Å². The lowest BCUT2D eigenvalue weighted by Gasteiger charge is -2.12. The molecular formula is C11H19F2N3O. The molecule has 0 radical (unpaired) electrons.